The van der Waals surface area contributed by atoms with Gasteiger partial charge in [-0.25, -0.2) is 0 Å². The molecule has 6 nitrogen and oxygen atoms in total. The topological polar surface area (TPSA) is 84.5 Å². The molecule has 0 aliphatic heterocycles. The van der Waals surface area contributed by atoms with Crippen molar-refractivity contribution in [3.8, 4) is 0 Å². The van der Waals surface area contributed by atoms with Gasteiger partial charge in [-0.2, -0.15) is 0 Å². The standard InChI is InChI=1S/C16H24N2O4S/c1-16(2,3)15(21)17-8-7-13(19)18-11(10-14(20)22-4)12-6-5-9-23-12/h5-6,9,11H,7-8,10H2,1-4H3,(H,17,21)(H,18,19). The molecule has 1 aromatic rings. The number of nitrogens with one attached hydrogen (secondary N) is 2. The largest absolute Gasteiger partial charge is 0.469 e. The number of carbonyl (C=O) groups excluding carboxylic acids is 3. The molecule has 0 aliphatic rings. The van der Waals surface area contributed by atoms with Crippen LogP contribution in [0.25, 0.3) is 0 Å². The van der Waals surface area contributed by atoms with Crippen molar-refractivity contribution in [3.63, 3.8) is 0 Å². The van der Waals surface area contributed by atoms with Crippen LogP contribution in [0.2, 0.25) is 0 Å². The van der Waals surface area contributed by atoms with Gasteiger partial charge in [-0.1, -0.05) is 26.8 Å². The normalized spacial score (nSPS) is 12.3. The van der Waals surface area contributed by atoms with E-state index < -0.39 is 11.5 Å². The van der Waals surface area contributed by atoms with Crippen molar-refractivity contribution in [3.05, 3.63) is 22.4 Å². The van der Waals surface area contributed by atoms with Crippen molar-refractivity contribution in [1.82, 2.24) is 10.6 Å². The molecule has 0 radical (unpaired) electrons. The summed E-state index contributed by atoms with van der Waals surface area (Å²) in [5.41, 5.74) is -0.485. The van der Waals surface area contributed by atoms with Gasteiger partial charge < -0.3 is 15.4 Å². The summed E-state index contributed by atoms with van der Waals surface area (Å²) >= 11 is 1.47. The second-order valence-corrected chi connectivity index (χ2v) is 7.15. The van der Waals surface area contributed by atoms with Crippen LogP contribution in [0.3, 0.4) is 0 Å². The zero-order valence-electron chi connectivity index (χ0n) is 14.0. The summed E-state index contributed by atoms with van der Waals surface area (Å²) in [6.07, 6.45) is 0.238. The quantitative estimate of drug-likeness (QED) is 0.744. The molecule has 0 saturated heterocycles. The number of thiophene rings is 1. The minimum Gasteiger partial charge on any atom is -0.469 e. The SMILES string of the molecule is COC(=O)CC(NC(=O)CCNC(=O)C(C)(C)C)c1cccs1. The van der Waals surface area contributed by atoms with E-state index in [1.165, 1.54) is 18.4 Å². The highest BCUT2D eigenvalue weighted by molar-refractivity contribution is 7.10. The zero-order chi connectivity index (χ0) is 17.5. The third kappa shape index (κ3) is 6.81. The van der Waals surface area contributed by atoms with E-state index in [-0.39, 0.29) is 37.2 Å². The average Bonchev–Trinajstić information content (AvgIpc) is 2.99. The van der Waals surface area contributed by atoms with Crippen molar-refractivity contribution in [2.75, 3.05) is 13.7 Å². The third-order valence-electron chi connectivity index (χ3n) is 3.14. The molecule has 0 fully saturated rings. The molecule has 0 aromatic carbocycles. The highest BCUT2D eigenvalue weighted by atomic mass is 32.1. The van der Waals surface area contributed by atoms with E-state index in [2.05, 4.69) is 15.4 Å². The van der Waals surface area contributed by atoms with E-state index in [1.54, 1.807) is 0 Å². The van der Waals surface area contributed by atoms with Crippen LogP contribution >= 0.6 is 11.3 Å². The summed E-state index contributed by atoms with van der Waals surface area (Å²) in [4.78, 5) is 36.2. The maximum atomic E-state index is 12.0. The van der Waals surface area contributed by atoms with E-state index in [0.29, 0.717) is 0 Å². The number of methoxy groups -OCH3 is 1. The Morgan fingerprint density at radius 3 is 2.52 bits per heavy atom. The van der Waals surface area contributed by atoms with Crippen molar-refractivity contribution >= 4 is 29.1 Å². The zero-order valence-corrected chi connectivity index (χ0v) is 14.8. The second kappa shape index (κ2) is 8.67. The van der Waals surface area contributed by atoms with Crippen LogP contribution in [0, 0.1) is 5.41 Å². The van der Waals surface area contributed by atoms with Crippen molar-refractivity contribution in [2.24, 2.45) is 5.41 Å². The lowest BCUT2D eigenvalue weighted by Crippen LogP contribution is -2.38. The summed E-state index contributed by atoms with van der Waals surface area (Å²) in [5.74, 6) is -0.707. The molecular formula is C16H24N2O4S. The molecule has 128 valence electrons. The van der Waals surface area contributed by atoms with Gasteiger partial charge in [-0.15, -0.1) is 11.3 Å². The fraction of sp³-hybridized carbons (Fsp3) is 0.562. The van der Waals surface area contributed by atoms with Gasteiger partial charge in [0, 0.05) is 23.3 Å². The molecule has 0 bridgehead atoms. The van der Waals surface area contributed by atoms with Gasteiger partial charge in [-0.05, 0) is 11.4 Å². The summed E-state index contributed by atoms with van der Waals surface area (Å²) in [6.45, 7) is 5.69. The Morgan fingerprint density at radius 2 is 2.00 bits per heavy atom. The van der Waals surface area contributed by atoms with E-state index in [1.807, 2.05) is 38.3 Å². The highest BCUT2D eigenvalue weighted by Gasteiger charge is 2.22. The van der Waals surface area contributed by atoms with Crippen LogP contribution < -0.4 is 10.6 Å². The maximum absolute atomic E-state index is 12.0. The Kier molecular flexibility index (Phi) is 7.22. The smallest absolute Gasteiger partial charge is 0.307 e. The number of carbonyl (C=O) groups is 3. The van der Waals surface area contributed by atoms with Crippen molar-refractivity contribution in [1.29, 1.82) is 0 Å². The van der Waals surface area contributed by atoms with Gasteiger partial charge in [0.15, 0.2) is 0 Å². The molecule has 0 aliphatic carbocycles. The predicted molar refractivity (Wildman–Crippen MR) is 88.9 cm³/mol. The summed E-state index contributed by atoms with van der Waals surface area (Å²) in [7, 11) is 1.32. The highest BCUT2D eigenvalue weighted by Crippen LogP contribution is 2.22. The van der Waals surface area contributed by atoms with E-state index in [9.17, 15) is 14.4 Å². The number of ether oxygens (including phenoxy) is 1. The number of esters is 1. The van der Waals surface area contributed by atoms with Crippen LogP contribution in [0.4, 0.5) is 0 Å². The van der Waals surface area contributed by atoms with Crippen LogP contribution in [-0.4, -0.2) is 31.4 Å². The van der Waals surface area contributed by atoms with Gasteiger partial charge in [0.1, 0.15) is 0 Å². The summed E-state index contributed by atoms with van der Waals surface area (Å²) in [5, 5.41) is 7.43. The first kappa shape index (κ1) is 19.2. The lowest BCUT2D eigenvalue weighted by Gasteiger charge is -2.19. The Bertz CT molecular complexity index is 535. The molecule has 1 rings (SSSR count). The average molecular weight is 340 g/mol. The maximum Gasteiger partial charge on any atom is 0.307 e. The van der Waals surface area contributed by atoms with Crippen molar-refractivity contribution < 1.29 is 19.1 Å². The first-order chi connectivity index (χ1) is 10.7. The third-order valence-corrected chi connectivity index (χ3v) is 4.13. The molecule has 23 heavy (non-hydrogen) atoms. The van der Waals surface area contributed by atoms with Crippen LogP contribution in [-0.2, 0) is 19.1 Å². The van der Waals surface area contributed by atoms with Gasteiger partial charge in [-0.3, -0.25) is 14.4 Å². The Balaban J connectivity index is 2.51. The minimum absolute atomic E-state index is 0.0805. The summed E-state index contributed by atoms with van der Waals surface area (Å²) < 4.78 is 4.67. The first-order valence-electron chi connectivity index (χ1n) is 7.42. The molecule has 1 aromatic heterocycles. The molecule has 7 heteroatoms. The lowest BCUT2D eigenvalue weighted by atomic mass is 9.96. The molecular weight excluding hydrogens is 316 g/mol. The van der Waals surface area contributed by atoms with Crippen LogP contribution in [0.5, 0.6) is 0 Å². The predicted octanol–water partition coefficient (Wildman–Crippen LogP) is 2.02. The van der Waals surface area contributed by atoms with E-state index in [4.69, 9.17) is 0 Å². The molecule has 0 spiro atoms. The van der Waals surface area contributed by atoms with Crippen LogP contribution in [0.1, 0.15) is 44.5 Å². The van der Waals surface area contributed by atoms with E-state index in [0.717, 1.165) is 4.88 Å². The molecule has 2 amide bonds. The number of rotatable bonds is 7. The van der Waals surface area contributed by atoms with E-state index >= 15 is 0 Å². The molecule has 1 unspecified atom stereocenters. The molecule has 2 N–H and O–H groups in total. The Hall–Kier alpha value is -1.89. The monoisotopic (exact) mass is 340 g/mol. The van der Waals surface area contributed by atoms with Crippen molar-refractivity contribution in [2.45, 2.75) is 39.7 Å². The summed E-state index contributed by atoms with van der Waals surface area (Å²) in [6, 6.07) is 3.31. The fourth-order valence-corrected chi connectivity index (χ4v) is 2.56. The Labute approximate surface area is 140 Å². The number of amides is 2. The Morgan fingerprint density at radius 1 is 1.30 bits per heavy atom. The van der Waals surface area contributed by atoms with Gasteiger partial charge in [0.25, 0.3) is 0 Å². The fourth-order valence-electron chi connectivity index (χ4n) is 1.78. The molecule has 0 saturated carbocycles. The second-order valence-electron chi connectivity index (χ2n) is 6.17. The lowest BCUT2D eigenvalue weighted by molar-refractivity contribution is -0.141. The van der Waals surface area contributed by atoms with Gasteiger partial charge in [0.2, 0.25) is 11.8 Å². The number of hydrogen-bond acceptors (Lipinski definition) is 5. The first-order valence-corrected chi connectivity index (χ1v) is 8.30. The van der Waals surface area contributed by atoms with Gasteiger partial charge >= 0.3 is 5.97 Å². The molecule has 1 atom stereocenters. The number of hydrogen-bond donors (Lipinski definition) is 2. The minimum atomic E-state index is -0.485. The van der Waals surface area contributed by atoms with Gasteiger partial charge in [0.05, 0.1) is 19.6 Å². The molecule has 1 heterocycles. The van der Waals surface area contributed by atoms with Crippen LogP contribution in [0.15, 0.2) is 17.5 Å².